The van der Waals surface area contributed by atoms with Gasteiger partial charge in [0.1, 0.15) is 6.33 Å². The molecule has 3 aliphatic carbocycles. The summed E-state index contributed by atoms with van der Waals surface area (Å²) in [7, 11) is -3.71. The summed E-state index contributed by atoms with van der Waals surface area (Å²) in [6.07, 6.45) is 6.67. The second-order valence-corrected chi connectivity index (χ2v) is 10.3. The summed E-state index contributed by atoms with van der Waals surface area (Å²) in [5.74, 6) is 0.657. The van der Waals surface area contributed by atoms with Crippen molar-refractivity contribution in [3.05, 3.63) is 36.3 Å². The Hall–Kier alpha value is -3.03. The molecular formula is C20H21N7O2S. The summed E-state index contributed by atoms with van der Waals surface area (Å²) < 4.78 is 30.8. The number of rotatable bonds is 5. The summed E-state index contributed by atoms with van der Waals surface area (Å²) in [5.41, 5.74) is 7.60. The summed E-state index contributed by atoms with van der Waals surface area (Å²) in [5, 5.41) is 9.03. The van der Waals surface area contributed by atoms with Crippen LogP contribution in [0.15, 0.2) is 35.6 Å². The van der Waals surface area contributed by atoms with Crippen molar-refractivity contribution in [2.75, 3.05) is 5.73 Å². The van der Waals surface area contributed by atoms with Gasteiger partial charge in [-0.25, -0.2) is 28.1 Å². The van der Waals surface area contributed by atoms with E-state index in [0.717, 1.165) is 31.2 Å². The molecule has 3 aliphatic rings. The Morgan fingerprint density at radius 2 is 2.10 bits per heavy atom. The van der Waals surface area contributed by atoms with Gasteiger partial charge < -0.3 is 5.73 Å². The molecule has 2 heterocycles. The number of aryl methyl sites for hydroxylation is 1. The minimum Gasteiger partial charge on any atom is -0.369 e. The summed E-state index contributed by atoms with van der Waals surface area (Å²) in [6.45, 7) is 1.90. The van der Waals surface area contributed by atoms with Crippen LogP contribution < -0.4 is 10.5 Å². The van der Waals surface area contributed by atoms with Gasteiger partial charge in [-0.2, -0.15) is 5.26 Å². The molecule has 0 atom stereocenters. The predicted molar refractivity (Wildman–Crippen MR) is 110 cm³/mol. The standard InChI is InChI=1S/C20H21N7O2S/c1-13-2-3-14(8-15(13)16-9-27-17(22)23-12-24-18(27)25-16)30(28,29)26-20-5-4-19(10-20,11-20)6-7-21/h2-3,8-9,12,26H,4-6,10-11H2,1H3,(H2,22,23,24,25). The lowest BCUT2D eigenvalue weighted by atomic mass is 9.64. The zero-order valence-corrected chi connectivity index (χ0v) is 17.3. The maximum absolute atomic E-state index is 13.2. The third-order valence-electron chi connectivity index (χ3n) is 6.46. The maximum Gasteiger partial charge on any atom is 0.241 e. The third kappa shape index (κ3) is 2.85. The molecule has 0 radical (unpaired) electrons. The number of nitrogens with one attached hydrogen (secondary N) is 1. The van der Waals surface area contributed by atoms with Crippen LogP contribution in [0, 0.1) is 23.7 Å². The van der Waals surface area contributed by atoms with E-state index in [1.165, 1.54) is 6.33 Å². The zero-order valence-electron chi connectivity index (χ0n) is 16.5. The molecule has 0 amide bonds. The molecule has 154 valence electrons. The second-order valence-electron chi connectivity index (χ2n) is 8.58. The Balaban J connectivity index is 1.47. The number of fused-ring (bicyclic) bond motifs is 2. The molecule has 0 spiro atoms. The summed E-state index contributed by atoms with van der Waals surface area (Å²) >= 11 is 0. The molecule has 0 unspecified atom stereocenters. The first-order valence-corrected chi connectivity index (χ1v) is 11.2. The van der Waals surface area contributed by atoms with Crippen molar-refractivity contribution in [1.29, 1.82) is 5.26 Å². The number of imidazole rings is 1. The zero-order chi connectivity index (χ0) is 21.1. The van der Waals surface area contributed by atoms with E-state index in [-0.39, 0.29) is 16.3 Å². The first kappa shape index (κ1) is 19.0. The van der Waals surface area contributed by atoms with Gasteiger partial charge in [-0.05, 0) is 55.7 Å². The van der Waals surface area contributed by atoms with E-state index in [0.29, 0.717) is 23.5 Å². The molecular weight excluding hydrogens is 402 g/mol. The number of benzene rings is 1. The number of sulfonamides is 1. The molecule has 10 heteroatoms. The average Bonchev–Trinajstić information content (AvgIpc) is 3.33. The summed E-state index contributed by atoms with van der Waals surface area (Å²) in [4.78, 5) is 12.7. The normalized spacial score (nSPS) is 25.2. The quantitative estimate of drug-likeness (QED) is 0.641. The van der Waals surface area contributed by atoms with Crippen molar-refractivity contribution in [2.45, 2.75) is 49.5 Å². The van der Waals surface area contributed by atoms with Gasteiger partial charge in [-0.15, -0.1) is 0 Å². The molecule has 3 saturated carbocycles. The van der Waals surface area contributed by atoms with Gasteiger partial charge in [0.25, 0.3) is 0 Å². The number of aromatic nitrogens is 4. The van der Waals surface area contributed by atoms with E-state index in [4.69, 9.17) is 11.0 Å². The summed E-state index contributed by atoms with van der Waals surface area (Å²) in [6, 6.07) is 7.26. The Morgan fingerprint density at radius 3 is 2.83 bits per heavy atom. The van der Waals surface area contributed by atoms with Gasteiger partial charge in [0.05, 0.1) is 16.7 Å². The molecule has 2 bridgehead atoms. The highest BCUT2D eigenvalue weighted by Gasteiger charge is 2.61. The molecule has 3 fully saturated rings. The van der Waals surface area contributed by atoms with Gasteiger partial charge in [0.15, 0.2) is 0 Å². The highest BCUT2D eigenvalue weighted by molar-refractivity contribution is 7.89. The molecule has 1 aromatic carbocycles. The second kappa shape index (κ2) is 6.23. The lowest BCUT2D eigenvalue weighted by Gasteiger charge is -2.46. The van der Waals surface area contributed by atoms with Crippen LogP contribution in [0.25, 0.3) is 17.0 Å². The maximum atomic E-state index is 13.2. The van der Waals surface area contributed by atoms with Crippen LogP contribution >= 0.6 is 0 Å². The van der Waals surface area contributed by atoms with Crippen molar-refractivity contribution in [1.82, 2.24) is 24.1 Å². The van der Waals surface area contributed by atoms with E-state index >= 15 is 0 Å². The number of nitrogen functional groups attached to an aromatic ring is 1. The SMILES string of the molecule is Cc1ccc(S(=O)(=O)NC23CCC(CC#N)(C2)C3)cc1-c1cn2c(N)ncnc2n1. The molecule has 3 N–H and O–H groups in total. The monoisotopic (exact) mass is 423 g/mol. The number of nitrogens with two attached hydrogens (primary N) is 1. The molecule has 0 aliphatic heterocycles. The number of nitriles is 1. The van der Waals surface area contributed by atoms with Crippen LogP contribution in [0.5, 0.6) is 0 Å². The lowest BCUT2D eigenvalue weighted by molar-refractivity contribution is 0.107. The predicted octanol–water partition coefficient (Wildman–Crippen LogP) is 2.19. The van der Waals surface area contributed by atoms with Crippen molar-refractivity contribution in [3.63, 3.8) is 0 Å². The van der Waals surface area contributed by atoms with Crippen molar-refractivity contribution >= 4 is 21.7 Å². The fourth-order valence-corrected chi connectivity index (χ4v) is 6.55. The van der Waals surface area contributed by atoms with Gasteiger partial charge in [0, 0.05) is 23.7 Å². The number of nitrogens with zero attached hydrogens (tertiary/aromatic N) is 5. The molecule has 30 heavy (non-hydrogen) atoms. The first-order valence-electron chi connectivity index (χ1n) is 9.73. The molecule has 3 aromatic rings. The molecule has 9 nitrogen and oxygen atoms in total. The fourth-order valence-electron chi connectivity index (χ4n) is 5.10. The highest BCUT2D eigenvalue weighted by atomic mass is 32.2. The minimum absolute atomic E-state index is 0.00673. The van der Waals surface area contributed by atoms with Crippen molar-refractivity contribution in [2.24, 2.45) is 5.41 Å². The van der Waals surface area contributed by atoms with Gasteiger partial charge in [-0.1, -0.05) is 6.07 Å². The molecule has 6 rings (SSSR count). The number of hydrogen-bond acceptors (Lipinski definition) is 7. The molecule has 0 saturated heterocycles. The Morgan fingerprint density at radius 1 is 1.30 bits per heavy atom. The van der Waals surface area contributed by atoms with Crippen molar-refractivity contribution in [3.8, 4) is 17.3 Å². The van der Waals surface area contributed by atoms with Crippen LogP contribution in [0.1, 0.15) is 37.7 Å². The number of anilines is 1. The Labute approximate surface area is 174 Å². The largest absolute Gasteiger partial charge is 0.369 e. The van der Waals surface area contributed by atoms with Crippen LogP contribution in [0.4, 0.5) is 5.95 Å². The molecule has 2 aromatic heterocycles. The fraction of sp³-hybridized carbons (Fsp3) is 0.400. The van der Waals surface area contributed by atoms with E-state index < -0.39 is 15.6 Å². The average molecular weight is 424 g/mol. The van der Waals surface area contributed by atoms with Gasteiger partial charge >= 0.3 is 0 Å². The van der Waals surface area contributed by atoms with Gasteiger partial charge in [0.2, 0.25) is 21.7 Å². The minimum atomic E-state index is -3.71. The van der Waals surface area contributed by atoms with Crippen LogP contribution in [0.3, 0.4) is 0 Å². The van der Waals surface area contributed by atoms with Crippen molar-refractivity contribution < 1.29 is 8.42 Å². The van der Waals surface area contributed by atoms with E-state index in [2.05, 4.69) is 25.7 Å². The van der Waals surface area contributed by atoms with E-state index in [1.54, 1.807) is 28.8 Å². The van der Waals surface area contributed by atoms with E-state index in [9.17, 15) is 8.42 Å². The van der Waals surface area contributed by atoms with Gasteiger partial charge in [-0.3, -0.25) is 4.40 Å². The topological polar surface area (TPSA) is 139 Å². The highest BCUT2D eigenvalue weighted by Crippen LogP contribution is 2.63. The van der Waals surface area contributed by atoms with Crippen LogP contribution in [-0.2, 0) is 10.0 Å². The van der Waals surface area contributed by atoms with Crippen LogP contribution in [-0.4, -0.2) is 33.3 Å². The smallest absolute Gasteiger partial charge is 0.241 e. The lowest BCUT2D eigenvalue weighted by Crippen LogP contribution is -2.55. The first-order chi connectivity index (χ1) is 14.2. The third-order valence-corrected chi connectivity index (χ3v) is 8.03. The Kier molecular flexibility index (Phi) is 3.94. The van der Waals surface area contributed by atoms with Crippen LogP contribution in [0.2, 0.25) is 0 Å². The Bertz CT molecular complexity index is 1320. The van der Waals surface area contributed by atoms with E-state index in [1.807, 2.05) is 6.92 Å². The number of hydrogen-bond donors (Lipinski definition) is 2.